The predicted octanol–water partition coefficient (Wildman–Crippen LogP) is 4.77. The Morgan fingerprint density at radius 2 is 1.91 bits per heavy atom. The van der Waals surface area contributed by atoms with Crippen molar-refractivity contribution in [2.75, 3.05) is 7.11 Å². The Morgan fingerprint density at radius 1 is 1.22 bits per heavy atom. The van der Waals surface area contributed by atoms with Gasteiger partial charge in [0.2, 0.25) is 10.0 Å². The van der Waals surface area contributed by atoms with Gasteiger partial charge in [-0.1, -0.05) is 25.4 Å². The number of halogens is 3. The topological polar surface area (TPSA) is 101 Å². The number of carbonyl (C=O) groups is 1. The van der Waals surface area contributed by atoms with E-state index in [-0.39, 0.29) is 21.7 Å². The molecule has 1 aromatic heterocycles. The molecular formula is C21H20BrClFN3O4S. The molecule has 0 spiro atoms. The summed E-state index contributed by atoms with van der Waals surface area (Å²) in [4.78, 5) is 19.2. The lowest BCUT2D eigenvalue weighted by Gasteiger charge is -2.20. The molecule has 0 radical (unpaired) electrons. The molecule has 3 aromatic rings. The molecular weight excluding hydrogens is 525 g/mol. The molecule has 3 rings (SSSR count). The van der Waals surface area contributed by atoms with Crippen LogP contribution < -0.4 is 4.72 Å². The van der Waals surface area contributed by atoms with Crippen molar-refractivity contribution in [3.63, 3.8) is 0 Å². The number of carbonyl (C=O) groups excluding carboxylic acids is 1. The lowest BCUT2D eigenvalue weighted by Crippen LogP contribution is -2.44. The van der Waals surface area contributed by atoms with Gasteiger partial charge in [-0.05, 0) is 58.2 Å². The minimum Gasteiger partial charge on any atom is -0.468 e. The summed E-state index contributed by atoms with van der Waals surface area (Å²) in [6.07, 6.45) is 1.56. The van der Waals surface area contributed by atoms with Crippen molar-refractivity contribution >= 4 is 43.5 Å². The molecule has 32 heavy (non-hydrogen) atoms. The molecule has 0 bridgehead atoms. The third-order valence-electron chi connectivity index (χ3n) is 4.70. The quantitative estimate of drug-likeness (QED) is 0.417. The Hall–Kier alpha value is -2.27. The van der Waals surface area contributed by atoms with Gasteiger partial charge in [0.05, 0.1) is 28.5 Å². The van der Waals surface area contributed by atoms with E-state index >= 15 is 0 Å². The van der Waals surface area contributed by atoms with Crippen LogP contribution in [0, 0.1) is 11.7 Å². The van der Waals surface area contributed by atoms with Crippen LogP contribution in [-0.2, 0) is 19.6 Å². The maximum Gasteiger partial charge on any atom is 0.324 e. The van der Waals surface area contributed by atoms with Crippen molar-refractivity contribution in [3.05, 3.63) is 57.9 Å². The highest BCUT2D eigenvalue weighted by Gasteiger charge is 2.30. The molecule has 0 fully saturated rings. The summed E-state index contributed by atoms with van der Waals surface area (Å²) in [7, 11) is -2.96. The molecule has 1 unspecified atom stereocenters. The van der Waals surface area contributed by atoms with Crippen LogP contribution >= 0.6 is 27.5 Å². The number of esters is 1. The normalized spacial score (nSPS) is 12.7. The van der Waals surface area contributed by atoms with Crippen molar-refractivity contribution in [1.82, 2.24) is 14.7 Å². The van der Waals surface area contributed by atoms with E-state index in [0.717, 1.165) is 0 Å². The average molecular weight is 545 g/mol. The number of imidazole rings is 1. The smallest absolute Gasteiger partial charge is 0.324 e. The van der Waals surface area contributed by atoms with Gasteiger partial charge < -0.3 is 9.72 Å². The molecule has 1 atom stereocenters. The first-order chi connectivity index (χ1) is 15.0. The maximum absolute atomic E-state index is 13.5. The number of methoxy groups -OCH3 is 1. The van der Waals surface area contributed by atoms with E-state index in [9.17, 15) is 17.6 Å². The zero-order valence-corrected chi connectivity index (χ0v) is 20.5. The van der Waals surface area contributed by atoms with Crippen molar-refractivity contribution in [1.29, 1.82) is 0 Å². The molecule has 11 heteroatoms. The zero-order chi connectivity index (χ0) is 23.6. The third kappa shape index (κ3) is 5.20. The predicted molar refractivity (Wildman–Crippen MR) is 123 cm³/mol. The van der Waals surface area contributed by atoms with Crippen molar-refractivity contribution in [2.24, 2.45) is 5.92 Å². The molecule has 2 aromatic carbocycles. The molecule has 0 aliphatic rings. The molecule has 2 N–H and O–H groups in total. The number of aromatic amines is 1. The second-order valence-corrected chi connectivity index (χ2v) is 10.2. The molecule has 7 nitrogen and oxygen atoms in total. The monoisotopic (exact) mass is 543 g/mol. The fourth-order valence-electron chi connectivity index (χ4n) is 2.95. The summed E-state index contributed by atoms with van der Waals surface area (Å²) in [5.74, 6) is -1.04. The van der Waals surface area contributed by atoms with Crippen LogP contribution in [0.5, 0.6) is 0 Å². The van der Waals surface area contributed by atoms with Gasteiger partial charge >= 0.3 is 5.97 Å². The summed E-state index contributed by atoms with van der Waals surface area (Å²) in [6.45, 7) is 3.39. The molecule has 0 aliphatic carbocycles. The molecule has 1 heterocycles. The number of H-pyrrole nitrogens is 1. The van der Waals surface area contributed by atoms with Gasteiger partial charge in [-0.25, -0.2) is 17.8 Å². The van der Waals surface area contributed by atoms with Gasteiger partial charge in [0, 0.05) is 11.1 Å². The van der Waals surface area contributed by atoms with Gasteiger partial charge in [0.1, 0.15) is 22.6 Å². The van der Waals surface area contributed by atoms with Crippen LogP contribution in [0.4, 0.5) is 4.39 Å². The van der Waals surface area contributed by atoms with Crippen LogP contribution in [-0.4, -0.2) is 37.5 Å². The van der Waals surface area contributed by atoms with E-state index < -0.39 is 22.0 Å². The first-order valence-corrected chi connectivity index (χ1v) is 12.1. The highest BCUT2D eigenvalue weighted by Crippen LogP contribution is 2.30. The minimum absolute atomic E-state index is 0.0112. The Labute approximate surface area is 198 Å². The van der Waals surface area contributed by atoms with Crippen molar-refractivity contribution in [2.45, 2.75) is 24.8 Å². The molecule has 0 saturated heterocycles. The van der Waals surface area contributed by atoms with Crippen molar-refractivity contribution < 1.29 is 22.3 Å². The van der Waals surface area contributed by atoms with Crippen LogP contribution in [0.15, 0.2) is 52.0 Å². The van der Waals surface area contributed by atoms with Gasteiger partial charge in [0.15, 0.2) is 0 Å². The van der Waals surface area contributed by atoms with E-state index in [1.165, 1.54) is 25.3 Å². The number of sulfonamides is 1. The largest absolute Gasteiger partial charge is 0.468 e. The Kier molecular flexibility index (Phi) is 7.39. The fourth-order valence-corrected chi connectivity index (χ4v) is 5.19. The van der Waals surface area contributed by atoms with E-state index in [4.69, 9.17) is 16.3 Å². The second-order valence-electron chi connectivity index (χ2n) is 7.29. The third-order valence-corrected chi connectivity index (χ3v) is 7.23. The standard InChI is InChI=1S/C21H20BrClFN3O4S/c1-11(2)19(21(28)31-3)27-32(29,30)18-9-13(4-6-15(18)23)20-25-10-17(26-20)12-5-7-16(24)14(22)8-12/h4-11,19,27H,1-3H3,(H,25,26). The van der Waals surface area contributed by atoms with Crippen LogP contribution in [0.25, 0.3) is 22.6 Å². The first-order valence-electron chi connectivity index (χ1n) is 9.44. The number of aromatic nitrogens is 2. The van der Waals surface area contributed by atoms with E-state index in [1.54, 1.807) is 38.2 Å². The number of hydrogen-bond donors (Lipinski definition) is 2. The van der Waals surface area contributed by atoms with Gasteiger partial charge in [-0.2, -0.15) is 4.72 Å². The highest BCUT2D eigenvalue weighted by molar-refractivity contribution is 9.10. The Morgan fingerprint density at radius 3 is 2.53 bits per heavy atom. The number of rotatable bonds is 7. The van der Waals surface area contributed by atoms with Crippen LogP contribution in [0.3, 0.4) is 0 Å². The Balaban J connectivity index is 1.96. The second kappa shape index (κ2) is 9.70. The number of benzene rings is 2. The van der Waals surface area contributed by atoms with Gasteiger partial charge in [-0.15, -0.1) is 0 Å². The number of nitrogens with one attached hydrogen (secondary N) is 2. The molecule has 170 valence electrons. The Bertz CT molecular complexity index is 1260. The summed E-state index contributed by atoms with van der Waals surface area (Å²) < 4.78 is 46.9. The number of ether oxygens (including phenoxy) is 1. The minimum atomic E-state index is -4.15. The zero-order valence-electron chi connectivity index (χ0n) is 17.3. The molecule has 0 saturated carbocycles. The van der Waals surface area contributed by atoms with E-state index in [2.05, 4.69) is 30.6 Å². The summed E-state index contributed by atoms with van der Waals surface area (Å²) >= 11 is 9.32. The van der Waals surface area contributed by atoms with Gasteiger partial charge in [-0.3, -0.25) is 4.79 Å². The first kappa shape index (κ1) is 24.4. The fraction of sp³-hybridized carbons (Fsp3) is 0.238. The summed E-state index contributed by atoms with van der Waals surface area (Å²) in [5.41, 5.74) is 1.77. The van der Waals surface area contributed by atoms with Gasteiger partial charge in [0.25, 0.3) is 0 Å². The lowest BCUT2D eigenvalue weighted by atomic mass is 10.1. The number of nitrogens with zero attached hydrogens (tertiary/aromatic N) is 1. The van der Waals surface area contributed by atoms with Crippen LogP contribution in [0.1, 0.15) is 13.8 Å². The highest BCUT2D eigenvalue weighted by atomic mass is 79.9. The maximum atomic E-state index is 13.5. The van der Waals surface area contributed by atoms with Crippen LogP contribution in [0.2, 0.25) is 5.02 Å². The average Bonchev–Trinajstić information content (AvgIpc) is 3.23. The summed E-state index contributed by atoms with van der Waals surface area (Å²) in [6, 6.07) is 7.87. The lowest BCUT2D eigenvalue weighted by molar-refractivity contribution is -0.143. The summed E-state index contributed by atoms with van der Waals surface area (Å²) in [5, 5.41) is -0.0112. The van der Waals surface area contributed by atoms with E-state index in [1.807, 2.05) is 0 Å². The SMILES string of the molecule is COC(=O)C(NS(=O)(=O)c1cc(-c2ncc(-c3ccc(F)c(Br)c3)[nH]2)ccc1Cl)C(C)C. The molecule has 0 aliphatic heterocycles. The van der Waals surface area contributed by atoms with Crippen molar-refractivity contribution in [3.8, 4) is 22.6 Å². The molecule has 0 amide bonds. The number of hydrogen-bond acceptors (Lipinski definition) is 5. The van der Waals surface area contributed by atoms with E-state index in [0.29, 0.717) is 27.1 Å².